The summed E-state index contributed by atoms with van der Waals surface area (Å²) in [5.41, 5.74) is 0.175. The second kappa shape index (κ2) is 12.3. The van der Waals surface area contributed by atoms with E-state index in [0.717, 1.165) is 43.1 Å². The number of piperidine rings is 1. The lowest BCUT2D eigenvalue weighted by molar-refractivity contribution is -0.0382. The van der Waals surface area contributed by atoms with Crippen molar-refractivity contribution in [1.82, 2.24) is 34.7 Å². The molecule has 1 amide bonds. The lowest BCUT2D eigenvalue weighted by atomic mass is 9.85. The minimum Gasteiger partial charge on any atom is -0.483 e. The number of rotatable bonds is 7. The second-order valence-electron chi connectivity index (χ2n) is 13.6. The summed E-state index contributed by atoms with van der Waals surface area (Å²) in [4.78, 5) is 14.1. The molecule has 1 saturated heterocycles. The van der Waals surface area contributed by atoms with Crippen LogP contribution in [0.1, 0.15) is 127 Å². The van der Waals surface area contributed by atoms with Crippen molar-refractivity contribution < 1.29 is 19.4 Å². The van der Waals surface area contributed by atoms with E-state index in [2.05, 4.69) is 51.1 Å². The van der Waals surface area contributed by atoms with Crippen LogP contribution in [-0.2, 0) is 17.4 Å². The van der Waals surface area contributed by atoms with E-state index in [0.29, 0.717) is 43.5 Å². The van der Waals surface area contributed by atoms with Crippen LogP contribution in [0.15, 0.2) is 30.5 Å². The van der Waals surface area contributed by atoms with Crippen molar-refractivity contribution in [3.05, 3.63) is 53.4 Å². The van der Waals surface area contributed by atoms with Gasteiger partial charge >= 0.3 is 6.09 Å². The average Bonchev–Trinajstić information content (AvgIpc) is 3.61. The fourth-order valence-corrected chi connectivity index (χ4v) is 6.18. The highest BCUT2D eigenvalue weighted by Gasteiger charge is 2.39. The minimum absolute atomic E-state index is 0.214. The first-order valence-corrected chi connectivity index (χ1v) is 15.6. The molecular weight excluding hydrogens is 546 g/mol. The number of ether oxygens (including phenoxy) is 2. The first-order chi connectivity index (χ1) is 20.3. The van der Waals surface area contributed by atoms with Crippen molar-refractivity contribution in [1.29, 1.82) is 0 Å². The number of carbonyl (C=O) groups is 1. The Balaban J connectivity index is 1.16. The van der Waals surface area contributed by atoms with Crippen LogP contribution in [-0.4, -0.2) is 64.5 Å². The van der Waals surface area contributed by atoms with Crippen LogP contribution >= 0.6 is 0 Å². The second-order valence-corrected chi connectivity index (χ2v) is 13.6. The van der Waals surface area contributed by atoms with E-state index in [-0.39, 0.29) is 18.2 Å². The smallest absolute Gasteiger partial charge is 0.410 e. The molecular formula is C32H47N7O4. The largest absolute Gasteiger partial charge is 0.483 e. The van der Waals surface area contributed by atoms with Gasteiger partial charge in [-0.25, -0.2) is 9.48 Å². The number of hydrogen-bond acceptors (Lipinski definition) is 8. The van der Waals surface area contributed by atoms with Crippen LogP contribution in [0, 0.1) is 0 Å². The highest BCUT2D eigenvalue weighted by Crippen LogP contribution is 2.39. The average molecular weight is 594 g/mol. The summed E-state index contributed by atoms with van der Waals surface area (Å²) in [6.07, 6.45) is 5.93. The maximum atomic E-state index is 12.4. The summed E-state index contributed by atoms with van der Waals surface area (Å²) < 4.78 is 15.7. The normalized spacial score (nSPS) is 21.6. The molecule has 3 heterocycles. The van der Waals surface area contributed by atoms with E-state index >= 15 is 0 Å². The van der Waals surface area contributed by atoms with Gasteiger partial charge in [-0.1, -0.05) is 31.2 Å². The maximum Gasteiger partial charge on any atom is 0.410 e. The Morgan fingerprint density at radius 2 is 1.74 bits per heavy atom. The van der Waals surface area contributed by atoms with Crippen molar-refractivity contribution in [2.24, 2.45) is 7.05 Å². The van der Waals surface area contributed by atoms with E-state index < -0.39 is 11.2 Å². The van der Waals surface area contributed by atoms with Crippen molar-refractivity contribution in [3.8, 4) is 5.75 Å². The van der Waals surface area contributed by atoms with Crippen LogP contribution in [0.5, 0.6) is 5.75 Å². The van der Waals surface area contributed by atoms with E-state index in [1.807, 2.05) is 57.8 Å². The third-order valence-electron chi connectivity index (χ3n) is 8.81. The van der Waals surface area contributed by atoms with Gasteiger partial charge < -0.3 is 24.0 Å². The number of nitrogens with zero attached hydrogens (tertiary/aromatic N) is 7. The molecule has 234 valence electrons. The molecule has 3 aromatic rings. The topological polar surface area (TPSA) is 120 Å². The summed E-state index contributed by atoms with van der Waals surface area (Å²) >= 11 is 0. The number of amides is 1. The van der Waals surface area contributed by atoms with Gasteiger partial charge in [0, 0.05) is 26.1 Å². The zero-order valence-electron chi connectivity index (χ0n) is 26.7. The highest BCUT2D eigenvalue weighted by atomic mass is 16.6. The molecule has 11 nitrogen and oxygen atoms in total. The highest BCUT2D eigenvalue weighted by molar-refractivity contribution is 5.68. The van der Waals surface area contributed by atoms with E-state index in [1.54, 1.807) is 4.90 Å². The standard InChI is InChI=1S/C32H47N7O4/c1-21(2)24-9-8-10-26(19-24)42-22(3)28-34-35-29(37(28)7)23-11-13-25(14-12-23)39-20-27(33-36-39)32(41)15-17-38(18-16-32)30(40)43-31(4,5)6/h8-10,19-23,25,41H,11-18H2,1-7H3. The van der Waals surface area contributed by atoms with Gasteiger partial charge in [0.2, 0.25) is 0 Å². The molecule has 2 aliphatic rings. The molecule has 11 heteroatoms. The molecule has 0 spiro atoms. The summed E-state index contributed by atoms with van der Waals surface area (Å²) in [7, 11) is 2.03. The molecule has 1 atom stereocenters. The Hall–Kier alpha value is -3.47. The Kier molecular flexibility index (Phi) is 8.83. The third kappa shape index (κ3) is 7.03. The van der Waals surface area contributed by atoms with E-state index in [4.69, 9.17) is 9.47 Å². The van der Waals surface area contributed by atoms with E-state index in [1.165, 1.54) is 5.56 Å². The molecule has 1 aliphatic heterocycles. The van der Waals surface area contributed by atoms with Crippen molar-refractivity contribution >= 4 is 6.09 Å². The monoisotopic (exact) mass is 593 g/mol. The van der Waals surface area contributed by atoms with Gasteiger partial charge in [-0.2, -0.15) is 0 Å². The molecule has 1 aromatic carbocycles. The molecule has 43 heavy (non-hydrogen) atoms. The van der Waals surface area contributed by atoms with Crippen LogP contribution in [0.2, 0.25) is 0 Å². The van der Waals surface area contributed by atoms with Crippen molar-refractivity contribution in [3.63, 3.8) is 0 Å². The molecule has 0 bridgehead atoms. The van der Waals surface area contributed by atoms with Crippen LogP contribution in [0.4, 0.5) is 4.79 Å². The van der Waals surface area contributed by atoms with Gasteiger partial charge in [0.05, 0.1) is 12.2 Å². The lowest BCUT2D eigenvalue weighted by Gasteiger charge is -2.37. The summed E-state index contributed by atoms with van der Waals surface area (Å²) in [5.74, 6) is 3.40. The number of carbonyl (C=O) groups excluding carboxylic acids is 1. The number of benzene rings is 1. The fraction of sp³-hybridized carbons (Fsp3) is 0.656. The molecule has 2 aromatic heterocycles. The van der Waals surface area contributed by atoms with Crippen molar-refractivity contribution in [2.75, 3.05) is 13.1 Å². The summed E-state index contributed by atoms with van der Waals surface area (Å²) in [6.45, 7) is 12.8. The fourth-order valence-electron chi connectivity index (χ4n) is 6.18. The molecule has 1 N–H and O–H groups in total. The van der Waals surface area contributed by atoms with Gasteiger partial charge in [0.15, 0.2) is 11.9 Å². The zero-order chi connectivity index (χ0) is 30.9. The minimum atomic E-state index is -1.10. The SMILES string of the molecule is CC(C)c1cccc(OC(C)c2nnc(C3CCC(n4cc(C5(O)CCN(C(=O)OC(C)(C)C)CC5)nn4)CC3)n2C)c1. The molecule has 1 saturated carbocycles. The zero-order valence-corrected chi connectivity index (χ0v) is 26.7. The van der Waals surface area contributed by atoms with Gasteiger partial charge in [-0.3, -0.25) is 0 Å². The maximum absolute atomic E-state index is 12.4. The summed E-state index contributed by atoms with van der Waals surface area (Å²) in [6, 6.07) is 8.46. The lowest BCUT2D eigenvalue weighted by Crippen LogP contribution is -2.47. The number of aromatic nitrogens is 6. The predicted molar refractivity (Wildman–Crippen MR) is 162 cm³/mol. The van der Waals surface area contributed by atoms with Gasteiger partial charge in [-0.05, 0) is 89.8 Å². The number of hydrogen-bond donors (Lipinski definition) is 1. The first kappa shape index (κ1) is 31.0. The quantitative estimate of drug-likeness (QED) is 0.366. The van der Waals surface area contributed by atoms with Crippen LogP contribution < -0.4 is 4.74 Å². The Morgan fingerprint density at radius 3 is 2.40 bits per heavy atom. The molecule has 0 radical (unpaired) electrons. The molecule has 5 rings (SSSR count). The number of likely N-dealkylation sites (tertiary alicyclic amines) is 1. The number of aliphatic hydroxyl groups is 1. The van der Waals surface area contributed by atoms with Crippen molar-refractivity contribution in [2.45, 2.75) is 115 Å². The molecule has 2 fully saturated rings. The van der Waals surface area contributed by atoms with Gasteiger partial charge in [0.25, 0.3) is 0 Å². The third-order valence-corrected chi connectivity index (χ3v) is 8.81. The Morgan fingerprint density at radius 1 is 1.05 bits per heavy atom. The molecule has 1 aliphatic carbocycles. The van der Waals surface area contributed by atoms with Gasteiger partial charge in [-0.15, -0.1) is 15.3 Å². The Labute approximate surface area is 254 Å². The Bertz CT molecular complexity index is 1390. The summed E-state index contributed by atoms with van der Waals surface area (Å²) in [5, 5.41) is 29.2. The van der Waals surface area contributed by atoms with Crippen LogP contribution in [0.25, 0.3) is 0 Å². The van der Waals surface area contributed by atoms with E-state index in [9.17, 15) is 9.90 Å². The molecule has 1 unspecified atom stereocenters. The predicted octanol–water partition coefficient (Wildman–Crippen LogP) is 5.79. The van der Waals surface area contributed by atoms with Crippen LogP contribution in [0.3, 0.4) is 0 Å². The van der Waals surface area contributed by atoms with Gasteiger partial charge in [0.1, 0.15) is 28.5 Å². The first-order valence-electron chi connectivity index (χ1n) is 15.6.